The summed E-state index contributed by atoms with van der Waals surface area (Å²) in [6.45, 7) is 7.89. The second kappa shape index (κ2) is 13.3. The van der Waals surface area contributed by atoms with E-state index in [1.165, 1.54) is 5.56 Å². The van der Waals surface area contributed by atoms with Crippen LogP contribution in [0, 0.1) is 11.8 Å². The van der Waals surface area contributed by atoms with Crippen molar-refractivity contribution in [2.24, 2.45) is 16.8 Å². The van der Waals surface area contributed by atoms with Crippen molar-refractivity contribution in [1.82, 2.24) is 10.6 Å². The van der Waals surface area contributed by atoms with Gasteiger partial charge in [-0.25, -0.2) is 0 Å². The molecule has 2 rings (SSSR count). The third-order valence-electron chi connectivity index (χ3n) is 4.57. The summed E-state index contributed by atoms with van der Waals surface area (Å²) < 4.78 is 5.79. The molecule has 6 heteroatoms. The van der Waals surface area contributed by atoms with Crippen LogP contribution in [0.4, 0.5) is 0 Å². The number of ether oxygens (including phenoxy) is 1. The minimum Gasteiger partial charge on any atom is -0.393 e. The number of benzene rings is 1. The van der Waals surface area contributed by atoms with Crippen LogP contribution in [0.2, 0.25) is 0 Å². The SMILES string of the molecule is CCNC(=NCC(C)COCc1ccccc1)NCC1CCCC1O.I. The van der Waals surface area contributed by atoms with Gasteiger partial charge in [0.25, 0.3) is 0 Å². The van der Waals surface area contributed by atoms with Crippen molar-refractivity contribution in [3.8, 4) is 0 Å². The van der Waals surface area contributed by atoms with Gasteiger partial charge in [0, 0.05) is 25.6 Å². The molecule has 0 radical (unpaired) electrons. The molecule has 0 spiro atoms. The van der Waals surface area contributed by atoms with E-state index in [9.17, 15) is 5.11 Å². The lowest BCUT2D eigenvalue weighted by Crippen LogP contribution is -2.41. The topological polar surface area (TPSA) is 65.9 Å². The van der Waals surface area contributed by atoms with Crippen LogP contribution < -0.4 is 10.6 Å². The molecule has 1 fully saturated rings. The van der Waals surface area contributed by atoms with E-state index in [2.05, 4.69) is 41.6 Å². The second-order valence-electron chi connectivity index (χ2n) is 6.96. The quantitative estimate of drug-likeness (QED) is 0.292. The second-order valence-corrected chi connectivity index (χ2v) is 6.96. The lowest BCUT2D eigenvalue weighted by atomic mass is 10.1. The molecule has 0 bridgehead atoms. The number of aliphatic imine (C=N–C) groups is 1. The maximum absolute atomic E-state index is 9.92. The van der Waals surface area contributed by atoms with Crippen LogP contribution in [-0.2, 0) is 11.3 Å². The molecule has 0 heterocycles. The van der Waals surface area contributed by atoms with Gasteiger partial charge in [0.2, 0.25) is 0 Å². The summed E-state index contributed by atoms with van der Waals surface area (Å²) in [7, 11) is 0. The summed E-state index contributed by atoms with van der Waals surface area (Å²) in [4.78, 5) is 4.66. The lowest BCUT2D eigenvalue weighted by Gasteiger charge is -2.18. The third-order valence-corrected chi connectivity index (χ3v) is 4.57. The van der Waals surface area contributed by atoms with Crippen LogP contribution in [0.25, 0.3) is 0 Å². The van der Waals surface area contributed by atoms with Gasteiger partial charge in [0.15, 0.2) is 5.96 Å². The fourth-order valence-electron chi connectivity index (χ4n) is 3.08. The van der Waals surface area contributed by atoms with Crippen molar-refractivity contribution in [2.75, 3.05) is 26.2 Å². The molecule has 26 heavy (non-hydrogen) atoms. The van der Waals surface area contributed by atoms with Crippen molar-refractivity contribution in [3.05, 3.63) is 35.9 Å². The van der Waals surface area contributed by atoms with Crippen molar-refractivity contribution < 1.29 is 9.84 Å². The molecule has 3 N–H and O–H groups in total. The van der Waals surface area contributed by atoms with Gasteiger partial charge in [-0.15, -0.1) is 24.0 Å². The highest BCUT2D eigenvalue weighted by Crippen LogP contribution is 2.24. The molecule has 0 aliphatic heterocycles. The highest BCUT2D eigenvalue weighted by molar-refractivity contribution is 14.0. The van der Waals surface area contributed by atoms with Crippen molar-refractivity contribution in [1.29, 1.82) is 0 Å². The Morgan fingerprint density at radius 3 is 2.69 bits per heavy atom. The van der Waals surface area contributed by atoms with E-state index in [1.54, 1.807) is 0 Å². The van der Waals surface area contributed by atoms with Crippen molar-refractivity contribution in [2.45, 2.75) is 45.8 Å². The maximum Gasteiger partial charge on any atom is 0.191 e. The van der Waals surface area contributed by atoms with E-state index in [4.69, 9.17) is 4.74 Å². The zero-order valence-corrected chi connectivity index (χ0v) is 18.3. The molecular formula is C20H34IN3O2. The number of rotatable bonds is 9. The number of guanidine groups is 1. The van der Waals surface area contributed by atoms with E-state index >= 15 is 0 Å². The lowest BCUT2D eigenvalue weighted by molar-refractivity contribution is 0.0944. The smallest absolute Gasteiger partial charge is 0.191 e. The van der Waals surface area contributed by atoms with Crippen LogP contribution >= 0.6 is 24.0 Å². The van der Waals surface area contributed by atoms with Crippen molar-refractivity contribution >= 4 is 29.9 Å². The first-order chi connectivity index (χ1) is 12.2. The Kier molecular flexibility index (Phi) is 11.9. The third kappa shape index (κ3) is 8.68. The van der Waals surface area contributed by atoms with E-state index < -0.39 is 0 Å². The van der Waals surface area contributed by atoms with Gasteiger partial charge >= 0.3 is 0 Å². The normalized spacial score (nSPS) is 21.1. The van der Waals surface area contributed by atoms with E-state index in [1.807, 2.05) is 18.2 Å². The fraction of sp³-hybridized carbons (Fsp3) is 0.650. The Morgan fingerprint density at radius 1 is 1.27 bits per heavy atom. The van der Waals surface area contributed by atoms with Crippen LogP contribution in [0.5, 0.6) is 0 Å². The average Bonchev–Trinajstić information content (AvgIpc) is 3.03. The van der Waals surface area contributed by atoms with Crippen LogP contribution in [0.1, 0.15) is 38.7 Å². The molecule has 1 aliphatic carbocycles. The minimum absolute atomic E-state index is 0. The molecule has 148 valence electrons. The van der Waals surface area contributed by atoms with Gasteiger partial charge in [0.05, 0.1) is 19.3 Å². The van der Waals surface area contributed by atoms with Gasteiger partial charge < -0.3 is 20.5 Å². The molecule has 1 saturated carbocycles. The van der Waals surface area contributed by atoms with Crippen LogP contribution in [0.3, 0.4) is 0 Å². The number of aliphatic hydroxyl groups is 1. The van der Waals surface area contributed by atoms with Gasteiger partial charge in [-0.3, -0.25) is 4.99 Å². The van der Waals surface area contributed by atoms with Gasteiger partial charge in [-0.2, -0.15) is 0 Å². The molecule has 1 aromatic carbocycles. The minimum atomic E-state index is -0.166. The van der Waals surface area contributed by atoms with Gasteiger partial charge in [-0.05, 0) is 31.2 Å². The molecule has 3 unspecified atom stereocenters. The Balaban J connectivity index is 0.00000338. The summed E-state index contributed by atoms with van der Waals surface area (Å²) >= 11 is 0. The first kappa shape index (κ1) is 23.2. The number of aliphatic hydroxyl groups excluding tert-OH is 1. The first-order valence-corrected chi connectivity index (χ1v) is 9.51. The van der Waals surface area contributed by atoms with E-state index in [-0.39, 0.29) is 30.1 Å². The number of halogens is 1. The molecule has 0 amide bonds. The molecule has 1 aliphatic rings. The zero-order valence-electron chi connectivity index (χ0n) is 16.0. The molecule has 1 aromatic rings. The fourth-order valence-corrected chi connectivity index (χ4v) is 3.08. The Morgan fingerprint density at radius 2 is 2.04 bits per heavy atom. The Bertz CT molecular complexity index is 513. The Hall–Kier alpha value is -0.860. The number of nitrogens with zero attached hydrogens (tertiary/aromatic N) is 1. The Labute approximate surface area is 175 Å². The average molecular weight is 475 g/mol. The summed E-state index contributed by atoms with van der Waals surface area (Å²) in [5.41, 5.74) is 1.20. The molecule has 5 nitrogen and oxygen atoms in total. The van der Waals surface area contributed by atoms with Gasteiger partial charge in [0.1, 0.15) is 0 Å². The highest BCUT2D eigenvalue weighted by atomic mass is 127. The molecule has 0 saturated heterocycles. The maximum atomic E-state index is 9.92. The van der Waals surface area contributed by atoms with Gasteiger partial charge in [-0.1, -0.05) is 43.7 Å². The largest absolute Gasteiger partial charge is 0.393 e. The number of nitrogens with one attached hydrogen (secondary N) is 2. The summed E-state index contributed by atoms with van der Waals surface area (Å²) in [6.07, 6.45) is 2.98. The number of hydrogen-bond acceptors (Lipinski definition) is 3. The van der Waals surface area contributed by atoms with Crippen LogP contribution in [0.15, 0.2) is 35.3 Å². The predicted molar refractivity (Wildman–Crippen MR) is 118 cm³/mol. The highest BCUT2D eigenvalue weighted by Gasteiger charge is 2.24. The number of hydrogen-bond donors (Lipinski definition) is 3. The predicted octanol–water partition coefficient (Wildman–Crippen LogP) is 3.17. The van der Waals surface area contributed by atoms with Crippen LogP contribution in [-0.4, -0.2) is 43.4 Å². The standard InChI is InChI=1S/C20H33N3O2.HI/c1-3-21-20(23-13-18-10-7-11-19(18)24)22-12-16(2)14-25-15-17-8-5-4-6-9-17;/h4-6,8-9,16,18-19,24H,3,7,10-15H2,1-2H3,(H2,21,22,23);1H. The summed E-state index contributed by atoms with van der Waals surface area (Å²) in [5, 5.41) is 16.6. The summed E-state index contributed by atoms with van der Waals surface area (Å²) in [5.74, 6) is 1.53. The van der Waals surface area contributed by atoms with E-state index in [0.29, 0.717) is 25.0 Å². The van der Waals surface area contributed by atoms with Crippen molar-refractivity contribution in [3.63, 3.8) is 0 Å². The molecular weight excluding hydrogens is 441 g/mol. The molecule has 3 atom stereocenters. The summed E-state index contributed by atoms with van der Waals surface area (Å²) in [6, 6.07) is 10.2. The zero-order chi connectivity index (χ0) is 17.9. The van der Waals surface area contributed by atoms with E-state index in [0.717, 1.165) is 44.9 Å². The first-order valence-electron chi connectivity index (χ1n) is 9.51. The monoisotopic (exact) mass is 475 g/mol. The molecule has 0 aromatic heterocycles.